The number of nitrogens with one attached hydrogen (secondary N) is 1. The van der Waals surface area contributed by atoms with E-state index in [2.05, 4.69) is 5.32 Å². The van der Waals surface area contributed by atoms with Gasteiger partial charge in [-0.05, 0) is 68.8 Å². The highest BCUT2D eigenvalue weighted by Crippen LogP contribution is 2.26. The number of aryl methyl sites for hydroxylation is 1. The molecule has 5 heteroatoms. The Morgan fingerprint density at radius 3 is 2.55 bits per heavy atom. The SMILES string of the molecule is Cc1cc(F)cc(C(=O)N2CCC(C3CCCN3)CC2)c1.Cl. The van der Waals surface area contributed by atoms with E-state index < -0.39 is 0 Å². The van der Waals surface area contributed by atoms with Crippen molar-refractivity contribution in [3.63, 3.8) is 0 Å². The molecule has 0 saturated carbocycles. The summed E-state index contributed by atoms with van der Waals surface area (Å²) >= 11 is 0. The van der Waals surface area contributed by atoms with Gasteiger partial charge in [-0.15, -0.1) is 12.4 Å². The van der Waals surface area contributed by atoms with Crippen LogP contribution in [0, 0.1) is 18.7 Å². The number of nitrogens with zero attached hydrogens (tertiary/aromatic N) is 1. The standard InChI is InChI=1S/C17H23FN2O.ClH/c1-12-9-14(11-15(18)10-12)17(21)20-7-4-13(5-8-20)16-3-2-6-19-16;/h9-11,13,16,19H,2-8H2,1H3;1H. The molecule has 2 aliphatic rings. The molecule has 0 aliphatic carbocycles. The van der Waals surface area contributed by atoms with Gasteiger partial charge >= 0.3 is 0 Å². The number of halogens is 2. The van der Waals surface area contributed by atoms with Crippen molar-refractivity contribution in [2.24, 2.45) is 5.92 Å². The fraction of sp³-hybridized carbons (Fsp3) is 0.588. The largest absolute Gasteiger partial charge is 0.339 e. The quantitative estimate of drug-likeness (QED) is 0.905. The number of carbonyl (C=O) groups is 1. The number of hydrogen-bond acceptors (Lipinski definition) is 2. The fourth-order valence-corrected chi connectivity index (χ4v) is 3.66. The van der Waals surface area contributed by atoms with Crippen LogP contribution in [0.5, 0.6) is 0 Å². The van der Waals surface area contributed by atoms with E-state index in [1.54, 1.807) is 6.07 Å². The van der Waals surface area contributed by atoms with Crippen LogP contribution in [0.25, 0.3) is 0 Å². The Hall–Kier alpha value is -1.13. The first-order valence-corrected chi connectivity index (χ1v) is 7.93. The molecule has 0 aromatic heterocycles. The molecule has 2 heterocycles. The van der Waals surface area contributed by atoms with Gasteiger partial charge in [0.2, 0.25) is 0 Å². The van der Waals surface area contributed by atoms with Crippen molar-refractivity contribution >= 4 is 18.3 Å². The normalized spacial score (nSPS) is 22.5. The van der Waals surface area contributed by atoms with Crippen LogP contribution in [-0.2, 0) is 0 Å². The predicted octanol–water partition coefficient (Wildman–Crippen LogP) is 3.16. The number of carbonyl (C=O) groups excluding carboxylic acids is 1. The van der Waals surface area contributed by atoms with Crippen molar-refractivity contribution in [3.8, 4) is 0 Å². The van der Waals surface area contributed by atoms with E-state index in [-0.39, 0.29) is 24.1 Å². The average Bonchev–Trinajstić information content (AvgIpc) is 3.00. The second-order valence-electron chi connectivity index (χ2n) is 6.35. The molecule has 1 amide bonds. The lowest BCUT2D eigenvalue weighted by Gasteiger charge is -2.35. The van der Waals surface area contributed by atoms with Crippen LogP contribution in [0.2, 0.25) is 0 Å². The van der Waals surface area contributed by atoms with Gasteiger partial charge in [0.1, 0.15) is 5.82 Å². The number of likely N-dealkylation sites (tertiary alicyclic amines) is 1. The maximum Gasteiger partial charge on any atom is 0.253 e. The van der Waals surface area contributed by atoms with Crippen LogP contribution in [0.3, 0.4) is 0 Å². The van der Waals surface area contributed by atoms with Crippen LogP contribution >= 0.6 is 12.4 Å². The van der Waals surface area contributed by atoms with Crippen LogP contribution < -0.4 is 5.32 Å². The summed E-state index contributed by atoms with van der Waals surface area (Å²) in [5.41, 5.74) is 1.27. The molecule has 0 radical (unpaired) electrons. The Balaban J connectivity index is 0.00000176. The first kappa shape index (κ1) is 17.2. The molecule has 3 nitrogen and oxygen atoms in total. The Morgan fingerprint density at radius 2 is 1.95 bits per heavy atom. The highest BCUT2D eigenvalue weighted by Gasteiger charge is 2.30. The summed E-state index contributed by atoms with van der Waals surface area (Å²) < 4.78 is 13.4. The first-order chi connectivity index (χ1) is 10.1. The van der Waals surface area contributed by atoms with Crippen molar-refractivity contribution < 1.29 is 9.18 Å². The molecule has 22 heavy (non-hydrogen) atoms. The van der Waals surface area contributed by atoms with Gasteiger partial charge in [-0.25, -0.2) is 4.39 Å². The lowest BCUT2D eigenvalue weighted by Crippen LogP contribution is -2.43. The molecule has 1 aromatic rings. The second-order valence-corrected chi connectivity index (χ2v) is 6.35. The minimum atomic E-state index is -0.330. The van der Waals surface area contributed by atoms with Gasteiger partial charge in [0.25, 0.3) is 5.91 Å². The monoisotopic (exact) mass is 326 g/mol. The summed E-state index contributed by atoms with van der Waals surface area (Å²) in [5, 5.41) is 3.56. The number of amides is 1. The van der Waals surface area contributed by atoms with Gasteiger partial charge in [0.05, 0.1) is 0 Å². The number of rotatable bonds is 2. The Bertz CT molecular complexity index is 503. The summed E-state index contributed by atoms with van der Waals surface area (Å²) in [6.45, 7) is 4.53. The zero-order valence-corrected chi connectivity index (χ0v) is 13.8. The molecule has 2 fully saturated rings. The molecule has 2 aliphatic heterocycles. The molecular formula is C17H24ClFN2O. The van der Waals surface area contributed by atoms with Gasteiger partial charge in [-0.3, -0.25) is 4.79 Å². The van der Waals surface area contributed by atoms with Crippen molar-refractivity contribution in [1.29, 1.82) is 0 Å². The third kappa shape index (κ3) is 3.79. The molecule has 122 valence electrons. The van der Waals surface area contributed by atoms with Crippen LogP contribution in [0.15, 0.2) is 18.2 Å². The number of piperidine rings is 1. The minimum Gasteiger partial charge on any atom is -0.339 e. The van der Waals surface area contributed by atoms with Crippen molar-refractivity contribution in [2.75, 3.05) is 19.6 Å². The third-order valence-electron chi connectivity index (χ3n) is 4.78. The lowest BCUT2D eigenvalue weighted by molar-refractivity contribution is 0.0674. The third-order valence-corrected chi connectivity index (χ3v) is 4.78. The van der Waals surface area contributed by atoms with Gasteiger partial charge < -0.3 is 10.2 Å². The summed E-state index contributed by atoms with van der Waals surface area (Å²) in [6.07, 6.45) is 4.64. The predicted molar refractivity (Wildman–Crippen MR) is 88.0 cm³/mol. The van der Waals surface area contributed by atoms with Crippen LogP contribution in [0.4, 0.5) is 4.39 Å². The summed E-state index contributed by atoms with van der Waals surface area (Å²) in [7, 11) is 0. The van der Waals surface area contributed by atoms with Crippen LogP contribution in [0.1, 0.15) is 41.6 Å². The van der Waals surface area contributed by atoms with Crippen molar-refractivity contribution in [3.05, 3.63) is 35.1 Å². The smallest absolute Gasteiger partial charge is 0.253 e. The molecule has 3 rings (SSSR count). The van der Waals surface area contributed by atoms with E-state index in [9.17, 15) is 9.18 Å². The van der Waals surface area contributed by atoms with Gasteiger partial charge in [0, 0.05) is 24.7 Å². The van der Waals surface area contributed by atoms with Crippen molar-refractivity contribution in [2.45, 2.75) is 38.6 Å². The Labute approximate surface area is 137 Å². The summed E-state index contributed by atoms with van der Waals surface area (Å²) in [6, 6.07) is 5.21. The maximum atomic E-state index is 13.4. The summed E-state index contributed by atoms with van der Waals surface area (Å²) in [4.78, 5) is 14.4. The Kier molecular flexibility index (Phi) is 5.81. The topological polar surface area (TPSA) is 32.3 Å². The van der Waals surface area contributed by atoms with Crippen LogP contribution in [-0.4, -0.2) is 36.5 Å². The van der Waals surface area contributed by atoms with E-state index in [0.29, 0.717) is 17.5 Å². The second kappa shape index (κ2) is 7.42. The molecule has 2 saturated heterocycles. The molecule has 0 bridgehead atoms. The highest BCUT2D eigenvalue weighted by atomic mass is 35.5. The lowest BCUT2D eigenvalue weighted by atomic mass is 9.88. The molecule has 1 unspecified atom stereocenters. The Morgan fingerprint density at radius 1 is 1.23 bits per heavy atom. The molecular weight excluding hydrogens is 303 g/mol. The molecule has 1 N–H and O–H groups in total. The average molecular weight is 327 g/mol. The molecule has 0 spiro atoms. The zero-order chi connectivity index (χ0) is 14.8. The van der Waals surface area contributed by atoms with Gasteiger partial charge in [-0.1, -0.05) is 0 Å². The van der Waals surface area contributed by atoms with Crippen molar-refractivity contribution in [1.82, 2.24) is 10.2 Å². The van der Waals surface area contributed by atoms with E-state index in [1.807, 2.05) is 11.8 Å². The fourth-order valence-electron chi connectivity index (χ4n) is 3.66. The summed E-state index contributed by atoms with van der Waals surface area (Å²) in [5.74, 6) is 0.324. The van der Waals surface area contributed by atoms with E-state index in [0.717, 1.165) is 38.0 Å². The zero-order valence-electron chi connectivity index (χ0n) is 13.0. The molecule has 1 atom stereocenters. The number of hydrogen-bond donors (Lipinski definition) is 1. The number of benzene rings is 1. The van der Waals surface area contributed by atoms with Gasteiger partial charge in [-0.2, -0.15) is 0 Å². The maximum absolute atomic E-state index is 13.4. The highest BCUT2D eigenvalue weighted by molar-refractivity contribution is 5.94. The van der Waals surface area contributed by atoms with Gasteiger partial charge in [0.15, 0.2) is 0 Å². The first-order valence-electron chi connectivity index (χ1n) is 7.93. The molecule has 1 aromatic carbocycles. The van der Waals surface area contributed by atoms with E-state index >= 15 is 0 Å². The minimum absolute atomic E-state index is 0. The van der Waals surface area contributed by atoms with E-state index in [1.165, 1.54) is 25.0 Å². The van der Waals surface area contributed by atoms with E-state index in [4.69, 9.17) is 0 Å².